The molecule has 1 N–H and O–H groups in total. The maximum Gasteiger partial charge on any atom is 0.337 e. The Bertz CT molecular complexity index is 1040. The first-order valence-electron chi connectivity index (χ1n) is 9.45. The molecule has 0 fully saturated rings. The van der Waals surface area contributed by atoms with Crippen LogP contribution in [0, 0.1) is 0 Å². The van der Waals surface area contributed by atoms with Gasteiger partial charge in [0, 0.05) is 11.1 Å². The van der Waals surface area contributed by atoms with Crippen molar-refractivity contribution in [2.75, 3.05) is 13.7 Å². The molecule has 0 spiro atoms. The fraction of sp³-hybridized carbons (Fsp3) is 0.174. The van der Waals surface area contributed by atoms with Crippen LogP contribution in [0.4, 0.5) is 0 Å². The summed E-state index contributed by atoms with van der Waals surface area (Å²) in [5, 5.41) is 3.93. The van der Waals surface area contributed by atoms with Crippen LogP contribution in [0.25, 0.3) is 11.3 Å². The number of furan rings is 1. The Morgan fingerprint density at radius 1 is 1.07 bits per heavy atom. The molecule has 1 aromatic heterocycles. The van der Waals surface area contributed by atoms with Crippen molar-refractivity contribution in [2.45, 2.75) is 13.3 Å². The van der Waals surface area contributed by atoms with Crippen LogP contribution in [0.3, 0.4) is 0 Å². The van der Waals surface area contributed by atoms with Gasteiger partial charge in [-0.05, 0) is 55.0 Å². The van der Waals surface area contributed by atoms with Crippen LogP contribution in [0.1, 0.15) is 39.8 Å². The Morgan fingerprint density at radius 3 is 2.60 bits per heavy atom. The number of hydrogen-bond acceptors (Lipinski definition) is 6. The maximum atomic E-state index is 12.2. The van der Waals surface area contributed by atoms with Crippen molar-refractivity contribution < 1.29 is 23.5 Å². The topological polar surface area (TPSA) is 90.1 Å². The van der Waals surface area contributed by atoms with Gasteiger partial charge in [0.05, 0.1) is 25.5 Å². The summed E-state index contributed by atoms with van der Waals surface area (Å²) in [7, 11) is 1.33. The second-order valence-electron chi connectivity index (χ2n) is 6.35. The van der Waals surface area contributed by atoms with Crippen LogP contribution in [0.15, 0.2) is 70.2 Å². The molecule has 7 nitrogen and oxygen atoms in total. The number of hydrazone groups is 1. The van der Waals surface area contributed by atoms with Crippen LogP contribution in [-0.4, -0.2) is 31.8 Å². The monoisotopic (exact) mass is 406 g/mol. The SMILES string of the molecule is CCCOc1ccc(C(=O)N/N=C/c2ccc(-c3cccc(C(=O)OC)c3)o2)cc1. The number of benzene rings is 2. The number of ether oxygens (including phenoxy) is 2. The van der Waals surface area contributed by atoms with Crippen molar-refractivity contribution in [3.05, 3.63) is 77.6 Å². The van der Waals surface area contributed by atoms with Gasteiger partial charge < -0.3 is 13.9 Å². The molecule has 0 aliphatic rings. The van der Waals surface area contributed by atoms with Crippen LogP contribution in [-0.2, 0) is 4.74 Å². The normalized spacial score (nSPS) is 10.7. The Balaban J connectivity index is 1.60. The number of esters is 1. The summed E-state index contributed by atoms with van der Waals surface area (Å²) in [6.07, 6.45) is 2.33. The molecule has 0 saturated heterocycles. The minimum absolute atomic E-state index is 0.342. The number of amides is 1. The molecule has 0 saturated carbocycles. The third kappa shape index (κ3) is 5.35. The summed E-state index contributed by atoms with van der Waals surface area (Å²) in [6.45, 7) is 2.66. The van der Waals surface area contributed by atoms with Crippen LogP contribution in [0.2, 0.25) is 0 Å². The quantitative estimate of drug-likeness (QED) is 0.342. The lowest BCUT2D eigenvalue weighted by Gasteiger charge is -2.05. The van der Waals surface area contributed by atoms with Gasteiger partial charge in [0.25, 0.3) is 5.91 Å². The number of nitrogens with one attached hydrogen (secondary N) is 1. The molecule has 7 heteroatoms. The van der Waals surface area contributed by atoms with Crippen LogP contribution < -0.4 is 10.2 Å². The lowest BCUT2D eigenvalue weighted by molar-refractivity contribution is 0.0600. The van der Waals surface area contributed by atoms with Gasteiger partial charge >= 0.3 is 5.97 Å². The average Bonchev–Trinajstić information content (AvgIpc) is 3.26. The second-order valence-corrected chi connectivity index (χ2v) is 6.35. The minimum atomic E-state index is -0.419. The minimum Gasteiger partial charge on any atom is -0.494 e. The summed E-state index contributed by atoms with van der Waals surface area (Å²) < 4.78 is 15.9. The molecule has 1 amide bonds. The number of methoxy groups -OCH3 is 1. The molecule has 3 rings (SSSR count). The lowest BCUT2D eigenvalue weighted by Crippen LogP contribution is -2.17. The molecule has 2 aromatic carbocycles. The summed E-state index contributed by atoms with van der Waals surface area (Å²) >= 11 is 0. The van der Waals surface area contributed by atoms with E-state index in [4.69, 9.17) is 13.9 Å². The Kier molecular flexibility index (Phi) is 7.00. The number of hydrogen-bond donors (Lipinski definition) is 1. The van der Waals surface area contributed by atoms with Crippen molar-refractivity contribution in [1.82, 2.24) is 5.43 Å². The summed E-state index contributed by atoms with van der Waals surface area (Å²) in [5.41, 5.74) is 4.09. The highest BCUT2D eigenvalue weighted by Gasteiger charge is 2.09. The standard InChI is InChI=1S/C23H22N2O5/c1-3-13-29-19-9-7-16(8-10-19)22(26)25-24-15-20-11-12-21(30-20)17-5-4-6-18(14-17)23(27)28-2/h4-12,14-15H,3,13H2,1-2H3,(H,25,26)/b24-15+. The van der Waals surface area contributed by atoms with E-state index in [-0.39, 0.29) is 5.91 Å². The van der Waals surface area contributed by atoms with E-state index in [2.05, 4.69) is 10.5 Å². The highest BCUT2D eigenvalue weighted by molar-refractivity contribution is 5.95. The largest absolute Gasteiger partial charge is 0.494 e. The van der Waals surface area contributed by atoms with Gasteiger partial charge in [-0.15, -0.1) is 0 Å². The van der Waals surface area contributed by atoms with E-state index >= 15 is 0 Å². The first kappa shape index (κ1) is 20.9. The number of nitrogens with zero attached hydrogens (tertiary/aromatic N) is 1. The number of rotatable bonds is 8. The zero-order valence-corrected chi connectivity index (χ0v) is 16.8. The highest BCUT2D eigenvalue weighted by atomic mass is 16.5. The maximum absolute atomic E-state index is 12.2. The molecular formula is C23H22N2O5. The fourth-order valence-electron chi connectivity index (χ4n) is 2.64. The molecule has 0 aliphatic heterocycles. The molecule has 0 bridgehead atoms. The van der Waals surface area contributed by atoms with Crippen molar-refractivity contribution in [2.24, 2.45) is 5.10 Å². The van der Waals surface area contributed by atoms with Gasteiger partial charge in [-0.25, -0.2) is 10.2 Å². The molecular weight excluding hydrogens is 384 g/mol. The first-order chi connectivity index (χ1) is 14.6. The van der Waals surface area contributed by atoms with E-state index in [1.54, 1.807) is 54.6 Å². The van der Waals surface area contributed by atoms with Crippen molar-refractivity contribution in [1.29, 1.82) is 0 Å². The van der Waals surface area contributed by atoms with E-state index in [1.807, 2.05) is 13.0 Å². The van der Waals surface area contributed by atoms with Gasteiger partial charge in [0.15, 0.2) is 0 Å². The third-order valence-electron chi connectivity index (χ3n) is 4.14. The second kappa shape index (κ2) is 10.1. The van der Waals surface area contributed by atoms with Gasteiger partial charge in [0.2, 0.25) is 0 Å². The first-order valence-corrected chi connectivity index (χ1v) is 9.45. The average molecular weight is 406 g/mol. The van der Waals surface area contributed by atoms with E-state index in [1.165, 1.54) is 13.3 Å². The van der Waals surface area contributed by atoms with E-state index < -0.39 is 5.97 Å². The molecule has 1 heterocycles. The molecule has 154 valence electrons. The number of carbonyl (C=O) groups excluding carboxylic acids is 2. The van der Waals surface area contributed by atoms with Crippen LogP contribution >= 0.6 is 0 Å². The molecule has 30 heavy (non-hydrogen) atoms. The zero-order chi connectivity index (χ0) is 21.3. The molecule has 0 unspecified atom stereocenters. The van der Waals surface area contributed by atoms with Gasteiger partial charge in [-0.1, -0.05) is 19.1 Å². The predicted molar refractivity (Wildman–Crippen MR) is 113 cm³/mol. The fourth-order valence-corrected chi connectivity index (χ4v) is 2.64. The van der Waals surface area contributed by atoms with Gasteiger partial charge in [-0.2, -0.15) is 5.10 Å². The van der Waals surface area contributed by atoms with E-state index in [0.29, 0.717) is 29.3 Å². The molecule has 0 aliphatic carbocycles. The smallest absolute Gasteiger partial charge is 0.337 e. The predicted octanol–water partition coefficient (Wildman–Crippen LogP) is 4.29. The van der Waals surface area contributed by atoms with E-state index in [9.17, 15) is 9.59 Å². The van der Waals surface area contributed by atoms with Gasteiger partial charge in [-0.3, -0.25) is 4.79 Å². The Morgan fingerprint density at radius 2 is 1.87 bits per heavy atom. The van der Waals surface area contributed by atoms with Gasteiger partial charge in [0.1, 0.15) is 17.3 Å². The summed E-state index contributed by atoms with van der Waals surface area (Å²) in [6, 6.07) is 17.2. The molecule has 3 aromatic rings. The lowest BCUT2D eigenvalue weighted by atomic mass is 10.1. The molecule has 0 atom stereocenters. The van der Waals surface area contributed by atoms with Crippen molar-refractivity contribution in [3.8, 4) is 17.1 Å². The van der Waals surface area contributed by atoms with Crippen LogP contribution in [0.5, 0.6) is 5.75 Å². The zero-order valence-electron chi connectivity index (χ0n) is 16.8. The molecule has 0 radical (unpaired) electrons. The van der Waals surface area contributed by atoms with Crippen molar-refractivity contribution >= 4 is 18.1 Å². The highest BCUT2D eigenvalue weighted by Crippen LogP contribution is 2.23. The summed E-state index contributed by atoms with van der Waals surface area (Å²) in [5.74, 6) is 0.980. The van der Waals surface area contributed by atoms with E-state index in [0.717, 1.165) is 17.7 Å². The van der Waals surface area contributed by atoms with Crippen molar-refractivity contribution in [3.63, 3.8) is 0 Å². The third-order valence-corrected chi connectivity index (χ3v) is 4.14. The Hall–Kier alpha value is -3.87. The Labute approximate surface area is 174 Å². The summed E-state index contributed by atoms with van der Waals surface area (Å²) in [4.78, 5) is 23.8. The number of carbonyl (C=O) groups is 2.